The summed E-state index contributed by atoms with van der Waals surface area (Å²) in [5, 5.41) is 0. The monoisotopic (exact) mass is 291 g/mol. The van der Waals surface area contributed by atoms with E-state index in [4.69, 9.17) is 4.42 Å². The number of fused-ring (bicyclic) bond motifs is 1. The van der Waals surface area contributed by atoms with E-state index in [1.54, 1.807) is 0 Å². The predicted octanol–water partition coefficient (Wildman–Crippen LogP) is 2.93. The van der Waals surface area contributed by atoms with Crippen molar-refractivity contribution in [1.29, 1.82) is 0 Å². The molecule has 2 saturated heterocycles. The van der Waals surface area contributed by atoms with E-state index < -0.39 is 0 Å². The largest absolute Gasteiger partial charge is 0.444 e. The van der Waals surface area contributed by atoms with Crippen LogP contribution in [0.25, 0.3) is 0 Å². The summed E-state index contributed by atoms with van der Waals surface area (Å²) in [5.74, 6) is 2.57. The molecule has 118 valence electrons. The number of nitrogens with zero attached hydrogens (tertiary/aromatic N) is 3. The Balaban J connectivity index is 1.71. The highest BCUT2D eigenvalue weighted by molar-refractivity contribution is 4.97. The van der Waals surface area contributed by atoms with Crippen LogP contribution >= 0.6 is 0 Å². The molecule has 3 heterocycles. The number of rotatable bonds is 4. The van der Waals surface area contributed by atoms with Gasteiger partial charge in [0.2, 0.25) is 5.89 Å². The zero-order valence-corrected chi connectivity index (χ0v) is 13.7. The highest BCUT2D eigenvalue weighted by Gasteiger charge is 2.36. The van der Waals surface area contributed by atoms with E-state index in [-0.39, 0.29) is 0 Å². The highest BCUT2D eigenvalue weighted by Crippen LogP contribution is 2.28. The van der Waals surface area contributed by atoms with Gasteiger partial charge in [-0.05, 0) is 25.3 Å². The third-order valence-electron chi connectivity index (χ3n) is 5.14. The Morgan fingerprint density at radius 1 is 1.33 bits per heavy atom. The second kappa shape index (κ2) is 6.49. The van der Waals surface area contributed by atoms with Gasteiger partial charge in [0, 0.05) is 31.6 Å². The van der Waals surface area contributed by atoms with Crippen LogP contribution in [0.3, 0.4) is 0 Å². The van der Waals surface area contributed by atoms with Gasteiger partial charge in [-0.2, -0.15) is 0 Å². The molecule has 1 aromatic heterocycles. The van der Waals surface area contributed by atoms with Crippen molar-refractivity contribution in [2.24, 2.45) is 5.92 Å². The van der Waals surface area contributed by atoms with Crippen LogP contribution < -0.4 is 0 Å². The first-order chi connectivity index (χ1) is 10.2. The Morgan fingerprint density at radius 3 is 2.90 bits per heavy atom. The van der Waals surface area contributed by atoms with Gasteiger partial charge in [0.25, 0.3) is 0 Å². The topological polar surface area (TPSA) is 32.5 Å². The van der Waals surface area contributed by atoms with E-state index >= 15 is 0 Å². The van der Waals surface area contributed by atoms with E-state index in [1.165, 1.54) is 38.9 Å². The summed E-state index contributed by atoms with van der Waals surface area (Å²) >= 11 is 0. The van der Waals surface area contributed by atoms with Gasteiger partial charge in [0.1, 0.15) is 5.76 Å². The van der Waals surface area contributed by atoms with Crippen molar-refractivity contribution in [2.45, 2.75) is 65.1 Å². The molecule has 0 aliphatic carbocycles. The van der Waals surface area contributed by atoms with Crippen LogP contribution in [-0.4, -0.2) is 46.5 Å². The molecule has 21 heavy (non-hydrogen) atoms. The van der Waals surface area contributed by atoms with Crippen molar-refractivity contribution in [1.82, 2.24) is 14.8 Å². The lowest BCUT2D eigenvalue weighted by molar-refractivity contribution is -0.0155. The standard InChI is InChI=1S/C17H29N3O/c1-4-15-9-18-17(21-15)12-20-10-14-7-5-6-8-19(14)11-16(20)13(2)3/h9,13-14,16H,4-8,10-12H2,1-3H3. The third-order valence-corrected chi connectivity index (χ3v) is 5.14. The number of piperazine rings is 1. The zero-order chi connectivity index (χ0) is 14.8. The molecule has 0 bridgehead atoms. The summed E-state index contributed by atoms with van der Waals surface area (Å²) in [7, 11) is 0. The molecule has 0 amide bonds. The molecule has 2 unspecified atom stereocenters. The molecule has 2 aliphatic rings. The lowest BCUT2D eigenvalue weighted by atomic mass is 9.92. The fourth-order valence-corrected chi connectivity index (χ4v) is 3.84. The fraction of sp³-hybridized carbons (Fsp3) is 0.824. The minimum Gasteiger partial charge on any atom is -0.444 e. The Morgan fingerprint density at radius 2 is 2.19 bits per heavy atom. The average Bonchev–Trinajstić information content (AvgIpc) is 2.94. The molecule has 3 rings (SSSR count). The maximum absolute atomic E-state index is 5.83. The van der Waals surface area contributed by atoms with E-state index in [0.717, 1.165) is 30.7 Å². The van der Waals surface area contributed by atoms with Gasteiger partial charge in [-0.3, -0.25) is 9.80 Å². The van der Waals surface area contributed by atoms with Gasteiger partial charge in [-0.15, -0.1) is 0 Å². The lowest BCUT2D eigenvalue weighted by Crippen LogP contribution is -2.60. The van der Waals surface area contributed by atoms with Crippen molar-refractivity contribution < 1.29 is 4.42 Å². The van der Waals surface area contributed by atoms with Crippen molar-refractivity contribution in [3.8, 4) is 0 Å². The molecule has 0 radical (unpaired) electrons. The fourth-order valence-electron chi connectivity index (χ4n) is 3.84. The summed E-state index contributed by atoms with van der Waals surface area (Å²) in [6.45, 7) is 11.3. The second-order valence-corrected chi connectivity index (χ2v) is 6.96. The minimum absolute atomic E-state index is 0.622. The maximum Gasteiger partial charge on any atom is 0.208 e. The number of hydrogen-bond acceptors (Lipinski definition) is 4. The van der Waals surface area contributed by atoms with Gasteiger partial charge in [0.05, 0.1) is 12.7 Å². The Labute approximate surface area is 128 Å². The molecule has 0 N–H and O–H groups in total. The molecule has 0 spiro atoms. The van der Waals surface area contributed by atoms with Gasteiger partial charge in [0.15, 0.2) is 0 Å². The van der Waals surface area contributed by atoms with E-state index in [9.17, 15) is 0 Å². The van der Waals surface area contributed by atoms with Crippen LogP contribution in [0.5, 0.6) is 0 Å². The summed E-state index contributed by atoms with van der Waals surface area (Å²) < 4.78 is 5.83. The smallest absolute Gasteiger partial charge is 0.208 e. The summed E-state index contributed by atoms with van der Waals surface area (Å²) in [4.78, 5) is 9.79. The average molecular weight is 291 g/mol. The van der Waals surface area contributed by atoms with Crippen LogP contribution in [0.15, 0.2) is 10.6 Å². The molecule has 2 atom stereocenters. The van der Waals surface area contributed by atoms with Crippen molar-refractivity contribution in [3.63, 3.8) is 0 Å². The van der Waals surface area contributed by atoms with Crippen molar-refractivity contribution >= 4 is 0 Å². The van der Waals surface area contributed by atoms with Crippen LogP contribution in [0.1, 0.15) is 51.7 Å². The van der Waals surface area contributed by atoms with Gasteiger partial charge in [-0.25, -0.2) is 4.98 Å². The number of piperidine rings is 1. The molecular weight excluding hydrogens is 262 g/mol. The predicted molar refractivity (Wildman–Crippen MR) is 84.1 cm³/mol. The van der Waals surface area contributed by atoms with E-state index in [2.05, 4.69) is 35.6 Å². The van der Waals surface area contributed by atoms with Crippen molar-refractivity contribution in [2.75, 3.05) is 19.6 Å². The van der Waals surface area contributed by atoms with E-state index in [0.29, 0.717) is 12.0 Å². The SMILES string of the molecule is CCc1cnc(CN2CC3CCCCN3CC2C(C)C)o1. The normalized spacial score (nSPS) is 28.0. The third kappa shape index (κ3) is 3.32. The Hall–Kier alpha value is -0.870. The molecular formula is C17H29N3O. The molecule has 1 aromatic rings. The first-order valence-electron chi connectivity index (χ1n) is 8.59. The molecule has 2 fully saturated rings. The van der Waals surface area contributed by atoms with E-state index in [1.807, 2.05) is 6.20 Å². The minimum atomic E-state index is 0.622. The molecule has 4 nitrogen and oxygen atoms in total. The molecule has 4 heteroatoms. The van der Waals surface area contributed by atoms with Crippen molar-refractivity contribution in [3.05, 3.63) is 17.8 Å². The lowest BCUT2D eigenvalue weighted by Gasteiger charge is -2.49. The molecule has 0 aromatic carbocycles. The Kier molecular flexibility index (Phi) is 4.65. The Bertz CT molecular complexity index is 457. The molecule has 0 saturated carbocycles. The number of oxazole rings is 1. The van der Waals surface area contributed by atoms with Gasteiger partial charge < -0.3 is 4.42 Å². The number of aryl methyl sites for hydroxylation is 1. The van der Waals surface area contributed by atoms with Crippen LogP contribution in [0.4, 0.5) is 0 Å². The number of aromatic nitrogens is 1. The maximum atomic E-state index is 5.83. The zero-order valence-electron chi connectivity index (χ0n) is 13.7. The first kappa shape index (κ1) is 15.0. The van der Waals surface area contributed by atoms with Crippen LogP contribution in [-0.2, 0) is 13.0 Å². The summed E-state index contributed by atoms with van der Waals surface area (Å²) in [5.41, 5.74) is 0. The second-order valence-electron chi connectivity index (χ2n) is 6.96. The van der Waals surface area contributed by atoms with Gasteiger partial charge >= 0.3 is 0 Å². The number of hydrogen-bond donors (Lipinski definition) is 0. The summed E-state index contributed by atoms with van der Waals surface area (Å²) in [6.07, 6.45) is 6.93. The quantitative estimate of drug-likeness (QED) is 0.854. The van der Waals surface area contributed by atoms with Gasteiger partial charge in [-0.1, -0.05) is 27.2 Å². The first-order valence-corrected chi connectivity index (χ1v) is 8.59. The molecule has 2 aliphatic heterocycles. The van der Waals surface area contributed by atoms with Crippen LogP contribution in [0.2, 0.25) is 0 Å². The summed E-state index contributed by atoms with van der Waals surface area (Å²) in [6, 6.07) is 1.37. The van der Waals surface area contributed by atoms with Crippen LogP contribution in [0, 0.1) is 5.92 Å². The highest BCUT2D eigenvalue weighted by atomic mass is 16.4.